The molecule has 0 spiro atoms. The van der Waals surface area contributed by atoms with Crippen LogP contribution in [0.1, 0.15) is 44.2 Å². The van der Waals surface area contributed by atoms with Gasteiger partial charge in [0.05, 0.1) is 12.4 Å². The molecule has 1 saturated heterocycles. The van der Waals surface area contributed by atoms with Crippen LogP contribution in [0.4, 0.5) is 5.95 Å². The molecular formula is C20H29N5O4S. The van der Waals surface area contributed by atoms with E-state index >= 15 is 0 Å². The van der Waals surface area contributed by atoms with Crippen LogP contribution in [0.5, 0.6) is 0 Å². The first-order valence-corrected chi connectivity index (χ1v) is 12.3. The van der Waals surface area contributed by atoms with Crippen molar-refractivity contribution in [2.45, 2.75) is 57.7 Å². The van der Waals surface area contributed by atoms with Gasteiger partial charge in [-0.05, 0) is 44.6 Å². The van der Waals surface area contributed by atoms with Crippen molar-refractivity contribution in [1.82, 2.24) is 18.8 Å². The topological polar surface area (TPSA) is 117 Å². The molecule has 2 aromatic rings. The third kappa shape index (κ3) is 4.08. The highest BCUT2D eigenvalue weighted by atomic mass is 32.2. The Labute approximate surface area is 176 Å². The molecular weight excluding hydrogens is 406 g/mol. The summed E-state index contributed by atoms with van der Waals surface area (Å²) in [6.07, 6.45) is 5.08. The fraction of sp³-hybridized carbons (Fsp3) is 0.650. The van der Waals surface area contributed by atoms with Crippen molar-refractivity contribution in [2.75, 3.05) is 24.7 Å². The molecule has 1 saturated carbocycles. The first-order valence-electron chi connectivity index (χ1n) is 10.4. The van der Waals surface area contributed by atoms with Gasteiger partial charge in [0.25, 0.3) is 5.56 Å². The Kier molecular flexibility index (Phi) is 5.58. The maximum Gasteiger partial charge on any atom is 0.255 e. The zero-order chi connectivity index (χ0) is 21.6. The summed E-state index contributed by atoms with van der Waals surface area (Å²) in [6, 6.07) is 1.77. The van der Waals surface area contributed by atoms with E-state index in [1.54, 1.807) is 23.8 Å². The first kappa shape index (κ1) is 21.2. The zero-order valence-electron chi connectivity index (χ0n) is 17.6. The molecule has 164 valence electrons. The van der Waals surface area contributed by atoms with Crippen LogP contribution < -0.4 is 10.9 Å². The van der Waals surface area contributed by atoms with Crippen molar-refractivity contribution in [2.24, 2.45) is 5.92 Å². The van der Waals surface area contributed by atoms with Gasteiger partial charge in [0, 0.05) is 42.3 Å². The molecule has 2 aromatic heterocycles. The molecule has 0 radical (unpaired) electrons. The van der Waals surface area contributed by atoms with Gasteiger partial charge < -0.3 is 10.4 Å². The summed E-state index contributed by atoms with van der Waals surface area (Å²) in [5.74, 6) is 0.609. The predicted octanol–water partition coefficient (Wildman–Crippen LogP) is 1.27. The lowest BCUT2D eigenvalue weighted by molar-refractivity contribution is 0.176. The van der Waals surface area contributed by atoms with Crippen LogP contribution in [0.2, 0.25) is 0 Å². The summed E-state index contributed by atoms with van der Waals surface area (Å²) in [4.78, 5) is 22.1. The first-order chi connectivity index (χ1) is 14.1. The summed E-state index contributed by atoms with van der Waals surface area (Å²) < 4.78 is 26.6. The number of sulfonamides is 1. The van der Waals surface area contributed by atoms with Crippen molar-refractivity contribution in [3.63, 3.8) is 0 Å². The second-order valence-electron chi connectivity index (χ2n) is 8.73. The van der Waals surface area contributed by atoms with Crippen LogP contribution in [0.25, 0.3) is 11.0 Å². The van der Waals surface area contributed by atoms with E-state index in [9.17, 15) is 18.3 Å². The lowest BCUT2D eigenvalue weighted by Crippen LogP contribution is -2.42. The van der Waals surface area contributed by atoms with E-state index in [2.05, 4.69) is 22.2 Å². The number of hydrogen-bond acceptors (Lipinski definition) is 7. The highest BCUT2D eigenvalue weighted by Gasteiger charge is 2.33. The van der Waals surface area contributed by atoms with Crippen LogP contribution in [-0.2, 0) is 10.0 Å². The molecule has 4 rings (SSSR count). The largest absolute Gasteiger partial charge is 0.393 e. The van der Waals surface area contributed by atoms with Crippen molar-refractivity contribution in [3.8, 4) is 0 Å². The van der Waals surface area contributed by atoms with Crippen LogP contribution in [0.15, 0.2) is 17.1 Å². The van der Waals surface area contributed by atoms with Crippen molar-refractivity contribution in [3.05, 3.63) is 28.2 Å². The number of fused-ring (bicyclic) bond motifs is 1. The van der Waals surface area contributed by atoms with E-state index in [1.807, 2.05) is 0 Å². The lowest BCUT2D eigenvalue weighted by atomic mass is 10.1. The highest BCUT2D eigenvalue weighted by molar-refractivity contribution is 7.88. The second-order valence-corrected chi connectivity index (χ2v) is 10.7. The third-order valence-electron chi connectivity index (χ3n) is 6.35. The van der Waals surface area contributed by atoms with Gasteiger partial charge in [0.2, 0.25) is 16.0 Å². The Balaban J connectivity index is 1.63. The van der Waals surface area contributed by atoms with Crippen molar-refractivity contribution in [1.29, 1.82) is 0 Å². The summed E-state index contributed by atoms with van der Waals surface area (Å²) in [5.41, 5.74) is 1.12. The Bertz CT molecular complexity index is 1110. The summed E-state index contributed by atoms with van der Waals surface area (Å²) >= 11 is 0. The molecule has 9 nitrogen and oxygen atoms in total. The summed E-state index contributed by atoms with van der Waals surface area (Å²) in [7, 11) is -3.17. The average molecular weight is 436 g/mol. The summed E-state index contributed by atoms with van der Waals surface area (Å²) in [6.45, 7) is 4.77. The van der Waals surface area contributed by atoms with Crippen molar-refractivity contribution >= 4 is 27.0 Å². The fourth-order valence-corrected chi connectivity index (χ4v) is 5.58. The molecule has 1 aliphatic carbocycles. The number of pyridine rings is 1. The fourth-order valence-electron chi connectivity index (χ4n) is 4.70. The molecule has 0 amide bonds. The Morgan fingerprint density at radius 3 is 2.53 bits per heavy atom. The molecule has 10 heteroatoms. The van der Waals surface area contributed by atoms with E-state index in [-0.39, 0.29) is 23.6 Å². The van der Waals surface area contributed by atoms with Gasteiger partial charge >= 0.3 is 0 Å². The van der Waals surface area contributed by atoms with Gasteiger partial charge in [-0.3, -0.25) is 9.36 Å². The van der Waals surface area contributed by atoms with Gasteiger partial charge in [-0.25, -0.2) is 17.7 Å². The Hall–Kier alpha value is -2.04. The number of nitrogens with one attached hydrogen (secondary N) is 1. The van der Waals surface area contributed by atoms with Gasteiger partial charge in [0.15, 0.2) is 0 Å². The van der Waals surface area contributed by atoms with Gasteiger partial charge in [-0.15, -0.1) is 0 Å². The van der Waals surface area contributed by atoms with E-state index < -0.39 is 16.1 Å². The molecule has 30 heavy (non-hydrogen) atoms. The molecule has 0 unspecified atom stereocenters. The molecule has 0 aromatic carbocycles. The highest BCUT2D eigenvalue weighted by Crippen LogP contribution is 2.36. The molecule has 2 aliphatic rings. The van der Waals surface area contributed by atoms with Crippen LogP contribution in [0, 0.1) is 12.8 Å². The van der Waals surface area contributed by atoms with E-state index in [4.69, 9.17) is 0 Å². The van der Waals surface area contributed by atoms with Gasteiger partial charge in [-0.1, -0.05) is 6.92 Å². The predicted molar refractivity (Wildman–Crippen MR) is 115 cm³/mol. The minimum atomic E-state index is -3.17. The zero-order valence-corrected chi connectivity index (χ0v) is 18.4. The van der Waals surface area contributed by atoms with Crippen LogP contribution >= 0.6 is 0 Å². The molecule has 0 bridgehead atoms. The number of piperidine rings is 1. The van der Waals surface area contributed by atoms with E-state index in [0.29, 0.717) is 55.9 Å². The molecule has 1 aliphatic heterocycles. The number of hydrogen-bond donors (Lipinski definition) is 2. The standard InChI is InChI=1S/C20H29N5O4S/c1-12-9-16(26)10-17(12)25-18-14(8-13(2)19(25)27)11-21-20(23-18)22-15-4-6-24(7-5-15)30(3,28)29/h8,11-12,15-17,26H,4-7,9-10H2,1-3H3,(H,21,22,23)/t12-,16+,17+/m0/s1. The number of nitrogens with zero attached hydrogens (tertiary/aromatic N) is 4. The number of aliphatic hydroxyl groups is 1. The van der Waals surface area contributed by atoms with Crippen LogP contribution in [-0.4, -0.2) is 63.9 Å². The monoisotopic (exact) mass is 435 g/mol. The summed E-state index contributed by atoms with van der Waals surface area (Å²) in [5, 5.41) is 14.2. The smallest absolute Gasteiger partial charge is 0.255 e. The van der Waals surface area contributed by atoms with Crippen molar-refractivity contribution < 1.29 is 13.5 Å². The lowest BCUT2D eigenvalue weighted by Gasteiger charge is -2.30. The average Bonchev–Trinajstić information content (AvgIpc) is 3.00. The number of aryl methyl sites for hydroxylation is 1. The minimum absolute atomic E-state index is 0.0679. The maximum absolute atomic E-state index is 13.0. The normalized spacial score (nSPS) is 26.3. The molecule has 3 atom stereocenters. The number of rotatable bonds is 4. The van der Waals surface area contributed by atoms with Gasteiger partial charge in [0.1, 0.15) is 5.65 Å². The quantitative estimate of drug-likeness (QED) is 0.742. The molecule has 3 heterocycles. The second kappa shape index (κ2) is 7.90. The van der Waals surface area contributed by atoms with Crippen LogP contribution in [0.3, 0.4) is 0 Å². The Morgan fingerprint density at radius 1 is 1.23 bits per heavy atom. The maximum atomic E-state index is 13.0. The SMILES string of the molecule is Cc1cc2cnc(NC3CCN(S(C)(=O)=O)CC3)nc2n([C@@H]2C[C@H](O)C[C@@H]2C)c1=O. The Morgan fingerprint density at radius 2 is 1.93 bits per heavy atom. The third-order valence-corrected chi connectivity index (χ3v) is 7.66. The number of anilines is 1. The minimum Gasteiger partial charge on any atom is -0.393 e. The molecule has 2 fully saturated rings. The molecule has 2 N–H and O–H groups in total. The van der Waals surface area contributed by atoms with Gasteiger partial charge in [-0.2, -0.15) is 4.98 Å². The number of aliphatic hydroxyl groups excluding tert-OH is 1. The van der Waals surface area contributed by atoms with E-state index in [0.717, 1.165) is 5.39 Å². The van der Waals surface area contributed by atoms with E-state index in [1.165, 1.54) is 10.6 Å². The number of aromatic nitrogens is 3.